The van der Waals surface area contributed by atoms with Crippen molar-refractivity contribution in [2.24, 2.45) is 0 Å². The molecule has 1 saturated heterocycles. The number of amides is 2. The summed E-state index contributed by atoms with van der Waals surface area (Å²) in [6.07, 6.45) is 2.35. The van der Waals surface area contributed by atoms with Gasteiger partial charge in [-0.2, -0.15) is 0 Å². The van der Waals surface area contributed by atoms with Crippen LogP contribution in [-0.2, 0) is 11.3 Å². The topological polar surface area (TPSA) is 50.4 Å². The average molecular weight is 240 g/mol. The molecule has 1 fully saturated rings. The fraction of sp³-hybridized carbons (Fsp3) is 0.545. The molecule has 16 heavy (non-hydrogen) atoms. The number of hydrogen-bond acceptors (Lipinski definition) is 3. The summed E-state index contributed by atoms with van der Waals surface area (Å²) >= 11 is 1.64. The first-order valence-electron chi connectivity index (χ1n) is 5.50. The molecule has 1 aliphatic heterocycles. The summed E-state index contributed by atoms with van der Waals surface area (Å²) in [5.41, 5.74) is 0. The van der Waals surface area contributed by atoms with Crippen molar-refractivity contribution in [1.29, 1.82) is 0 Å². The van der Waals surface area contributed by atoms with Crippen molar-refractivity contribution in [1.82, 2.24) is 10.6 Å². The molecule has 2 rings (SSSR count). The third-order valence-corrected chi connectivity index (χ3v) is 3.39. The molecular formula is C11H16N2O2S. The Morgan fingerprint density at radius 3 is 3.19 bits per heavy atom. The molecule has 0 radical (unpaired) electrons. The van der Waals surface area contributed by atoms with Crippen molar-refractivity contribution in [3.63, 3.8) is 0 Å². The van der Waals surface area contributed by atoms with E-state index in [-0.39, 0.29) is 12.1 Å². The van der Waals surface area contributed by atoms with Crippen LogP contribution in [-0.4, -0.2) is 25.3 Å². The lowest BCUT2D eigenvalue weighted by Crippen LogP contribution is -2.39. The summed E-state index contributed by atoms with van der Waals surface area (Å²) in [6.45, 7) is 2.02. The molecule has 0 saturated carbocycles. The third-order valence-electron chi connectivity index (χ3n) is 2.52. The molecule has 1 aliphatic rings. The highest BCUT2D eigenvalue weighted by Gasteiger charge is 2.15. The van der Waals surface area contributed by atoms with Gasteiger partial charge in [0.1, 0.15) is 0 Å². The Hall–Kier alpha value is -1.07. The highest BCUT2D eigenvalue weighted by molar-refractivity contribution is 7.09. The van der Waals surface area contributed by atoms with E-state index in [2.05, 4.69) is 10.6 Å². The molecular weight excluding hydrogens is 224 g/mol. The number of rotatable bonds is 4. The molecule has 2 heterocycles. The molecule has 4 nitrogen and oxygen atoms in total. The van der Waals surface area contributed by atoms with Crippen molar-refractivity contribution in [2.75, 3.05) is 13.2 Å². The van der Waals surface area contributed by atoms with Crippen LogP contribution in [0.4, 0.5) is 4.79 Å². The van der Waals surface area contributed by atoms with Gasteiger partial charge in [0.15, 0.2) is 0 Å². The summed E-state index contributed by atoms with van der Waals surface area (Å²) in [4.78, 5) is 12.6. The van der Waals surface area contributed by atoms with Crippen LogP contribution in [0.5, 0.6) is 0 Å². The second-order valence-corrected chi connectivity index (χ2v) is 4.81. The number of hydrogen-bond donors (Lipinski definition) is 2. The quantitative estimate of drug-likeness (QED) is 0.842. The average Bonchev–Trinajstić information content (AvgIpc) is 2.96. The van der Waals surface area contributed by atoms with E-state index in [0.717, 1.165) is 24.3 Å². The van der Waals surface area contributed by atoms with Crippen LogP contribution in [0.3, 0.4) is 0 Å². The smallest absolute Gasteiger partial charge is 0.315 e. The summed E-state index contributed by atoms with van der Waals surface area (Å²) in [5, 5.41) is 7.63. The van der Waals surface area contributed by atoms with E-state index >= 15 is 0 Å². The van der Waals surface area contributed by atoms with Gasteiger partial charge in [0.05, 0.1) is 12.6 Å². The summed E-state index contributed by atoms with van der Waals surface area (Å²) in [7, 11) is 0. The molecule has 1 atom stereocenters. The first kappa shape index (κ1) is 11.4. The monoisotopic (exact) mass is 240 g/mol. The maximum absolute atomic E-state index is 11.4. The zero-order valence-corrected chi connectivity index (χ0v) is 9.89. The molecule has 2 N–H and O–H groups in total. The molecule has 0 aromatic carbocycles. The van der Waals surface area contributed by atoms with Crippen molar-refractivity contribution in [2.45, 2.75) is 25.5 Å². The lowest BCUT2D eigenvalue weighted by Gasteiger charge is -2.11. The van der Waals surface area contributed by atoms with Crippen LogP contribution in [0.25, 0.3) is 0 Å². The van der Waals surface area contributed by atoms with E-state index in [1.807, 2.05) is 17.5 Å². The number of urea groups is 1. The predicted molar refractivity (Wildman–Crippen MR) is 63.5 cm³/mol. The van der Waals surface area contributed by atoms with Crippen LogP contribution in [0.1, 0.15) is 17.7 Å². The van der Waals surface area contributed by atoms with Gasteiger partial charge >= 0.3 is 6.03 Å². The van der Waals surface area contributed by atoms with Gasteiger partial charge < -0.3 is 15.4 Å². The minimum atomic E-state index is -0.121. The van der Waals surface area contributed by atoms with Crippen molar-refractivity contribution in [3.05, 3.63) is 22.4 Å². The normalized spacial score (nSPS) is 19.6. The molecule has 5 heteroatoms. The number of nitrogens with one attached hydrogen (secondary N) is 2. The fourth-order valence-corrected chi connectivity index (χ4v) is 2.30. The third kappa shape index (κ3) is 3.50. The SMILES string of the molecule is O=C(NCc1cccs1)NC[C@H]1CCCO1. The van der Waals surface area contributed by atoms with E-state index in [0.29, 0.717) is 13.1 Å². The van der Waals surface area contributed by atoms with Crippen molar-refractivity contribution in [3.8, 4) is 0 Å². The second-order valence-electron chi connectivity index (χ2n) is 3.78. The Morgan fingerprint density at radius 2 is 2.50 bits per heavy atom. The van der Waals surface area contributed by atoms with Gasteiger partial charge in [0.2, 0.25) is 0 Å². The summed E-state index contributed by atoms with van der Waals surface area (Å²) in [5.74, 6) is 0. The van der Waals surface area contributed by atoms with E-state index in [4.69, 9.17) is 4.74 Å². The van der Waals surface area contributed by atoms with Gasteiger partial charge in [-0.3, -0.25) is 0 Å². The number of carbonyl (C=O) groups is 1. The minimum Gasteiger partial charge on any atom is -0.376 e. The molecule has 0 bridgehead atoms. The van der Waals surface area contributed by atoms with Crippen LogP contribution in [0, 0.1) is 0 Å². The van der Waals surface area contributed by atoms with Crippen LogP contribution in [0.15, 0.2) is 17.5 Å². The van der Waals surface area contributed by atoms with E-state index < -0.39 is 0 Å². The van der Waals surface area contributed by atoms with Crippen LogP contribution >= 0.6 is 11.3 Å². The van der Waals surface area contributed by atoms with Gasteiger partial charge in [-0.05, 0) is 24.3 Å². The van der Waals surface area contributed by atoms with Gasteiger partial charge in [0.25, 0.3) is 0 Å². The Bertz CT molecular complexity index is 321. The maximum atomic E-state index is 11.4. The summed E-state index contributed by atoms with van der Waals surface area (Å²) in [6, 6.07) is 3.86. The van der Waals surface area contributed by atoms with Gasteiger partial charge in [-0.1, -0.05) is 6.07 Å². The first-order chi connectivity index (χ1) is 7.84. The van der Waals surface area contributed by atoms with Crippen molar-refractivity contribution >= 4 is 17.4 Å². The Balaban J connectivity index is 1.60. The number of thiophene rings is 1. The zero-order valence-electron chi connectivity index (χ0n) is 9.07. The molecule has 0 spiro atoms. The second kappa shape index (κ2) is 5.86. The fourth-order valence-electron chi connectivity index (χ4n) is 1.65. The lowest BCUT2D eigenvalue weighted by molar-refractivity contribution is 0.111. The lowest BCUT2D eigenvalue weighted by atomic mass is 10.2. The Labute approximate surface area is 99.0 Å². The number of ether oxygens (including phenoxy) is 1. The largest absolute Gasteiger partial charge is 0.376 e. The highest BCUT2D eigenvalue weighted by Crippen LogP contribution is 2.10. The van der Waals surface area contributed by atoms with Gasteiger partial charge in [-0.15, -0.1) is 11.3 Å². The van der Waals surface area contributed by atoms with Gasteiger partial charge in [0, 0.05) is 18.0 Å². The molecule has 1 aromatic heterocycles. The van der Waals surface area contributed by atoms with Crippen LogP contribution in [0.2, 0.25) is 0 Å². The molecule has 88 valence electrons. The van der Waals surface area contributed by atoms with E-state index in [9.17, 15) is 4.79 Å². The standard InChI is InChI=1S/C11H16N2O2S/c14-11(12-7-9-3-1-5-15-9)13-8-10-4-2-6-16-10/h2,4,6,9H,1,3,5,7-8H2,(H2,12,13,14)/t9-/m1/s1. The molecule has 0 aliphatic carbocycles. The highest BCUT2D eigenvalue weighted by atomic mass is 32.1. The van der Waals surface area contributed by atoms with Gasteiger partial charge in [-0.25, -0.2) is 4.79 Å². The number of carbonyl (C=O) groups excluding carboxylic acids is 1. The predicted octanol–water partition coefficient (Wildman–Crippen LogP) is 1.73. The first-order valence-corrected chi connectivity index (χ1v) is 6.38. The molecule has 0 unspecified atom stereocenters. The Kier molecular flexibility index (Phi) is 4.18. The van der Waals surface area contributed by atoms with E-state index in [1.54, 1.807) is 11.3 Å². The van der Waals surface area contributed by atoms with E-state index in [1.165, 1.54) is 0 Å². The maximum Gasteiger partial charge on any atom is 0.315 e. The minimum absolute atomic E-state index is 0.121. The molecule has 2 amide bonds. The zero-order chi connectivity index (χ0) is 11.2. The Morgan fingerprint density at radius 1 is 1.56 bits per heavy atom. The van der Waals surface area contributed by atoms with Crippen molar-refractivity contribution < 1.29 is 9.53 Å². The van der Waals surface area contributed by atoms with Crippen LogP contribution < -0.4 is 10.6 Å². The molecule has 1 aromatic rings. The summed E-state index contributed by atoms with van der Waals surface area (Å²) < 4.78 is 5.41.